The second kappa shape index (κ2) is 6.13. The first-order valence-electron chi connectivity index (χ1n) is 7.79. The van der Waals surface area contributed by atoms with Crippen LogP contribution in [0.25, 0.3) is 17.0 Å². The Hall–Kier alpha value is -2.88. The molecular formula is C16H13F3N4O3. The molecule has 3 aromatic rings. The third-order valence-electron chi connectivity index (χ3n) is 4.13. The first-order valence-corrected chi connectivity index (χ1v) is 7.79. The number of carbonyl (C=O) groups excluding carboxylic acids is 1. The fourth-order valence-electron chi connectivity index (χ4n) is 2.85. The van der Waals surface area contributed by atoms with Crippen molar-refractivity contribution in [1.82, 2.24) is 19.7 Å². The zero-order valence-corrected chi connectivity index (χ0v) is 13.3. The third kappa shape index (κ3) is 2.92. The highest BCUT2D eigenvalue weighted by atomic mass is 19.4. The number of nitrogens with zero attached hydrogens (tertiary/aromatic N) is 3. The number of nitrogens with one attached hydrogen (secondary N) is 1. The largest absolute Gasteiger partial charge is 0.443 e. The van der Waals surface area contributed by atoms with E-state index in [2.05, 4.69) is 15.3 Å². The van der Waals surface area contributed by atoms with Gasteiger partial charge in [0.25, 0.3) is 5.91 Å². The second-order valence-corrected chi connectivity index (χ2v) is 5.88. The van der Waals surface area contributed by atoms with Gasteiger partial charge in [0.05, 0.1) is 36.2 Å². The van der Waals surface area contributed by atoms with Gasteiger partial charge < -0.3 is 14.5 Å². The number of fused-ring (bicyclic) bond motifs is 1. The molecule has 10 heteroatoms. The molecule has 0 aromatic carbocycles. The van der Waals surface area contributed by atoms with Crippen molar-refractivity contribution < 1.29 is 27.1 Å². The van der Waals surface area contributed by atoms with E-state index >= 15 is 0 Å². The highest BCUT2D eigenvalue weighted by molar-refractivity contribution is 5.94. The molecule has 1 aliphatic rings. The van der Waals surface area contributed by atoms with Crippen molar-refractivity contribution in [3.05, 3.63) is 42.3 Å². The highest BCUT2D eigenvalue weighted by Crippen LogP contribution is 2.34. The van der Waals surface area contributed by atoms with E-state index in [1.807, 2.05) is 0 Å². The Morgan fingerprint density at radius 2 is 2.19 bits per heavy atom. The molecule has 0 radical (unpaired) electrons. The van der Waals surface area contributed by atoms with E-state index in [1.54, 1.807) is 0 Å². The van der Waals surface area contributed by atoms with Crippen LogP contribution in [0.15, 0.2) is 35.5 Å². The number of hydrogen-bond donors (Lipinski definition) is 1. The summed E-state index contributed by atoms with van der Waals surface area (Å²) in [6.45, 7) is 0.908. The Morgan fingerprint density at radius 3 is 2.85 bits per heavy atom. The number of alkyl halides is 3. The third-order valence-corrected chi connectivity index (χ3v) is 4.13. The molecule has 0 unspecified atom stereocenters. The molecule has 1 amide bonds. The zero-order valence-electron chi connectivity index (χ0n) is 13.3. The van der Waals surface area contributed by atoms with Gasteiger partial charge in [-0.2, -0.15) is 13.2 Å². The summed E-state index contributed by atoms with van der Waals surface area (Å²) in [6.07, 6.45) is 0.547. The molecule has 0 bridgehead atoms. The van der Waals surface area contributed by atoms with Crippen molar-refractivity contribution in [3.63, 3.8) is 0 Å². The van der Waals surface area contributed by atoms with E-state index in [1.165, 1.54) is 12.4 Å². The number of halogens is 3. The lowest BCUT2D eigenvalue weighted by molar-refractivity contribution is -0.137. The Bertz CT molecular complexity index is 944. The van der Waals surface area contributed by atoms with E-state index in [0.29, 0.717) is 19.6 Å². The van der Waals surface area contributed by atoms with Crippen LogP contribution in [0.2, 0.25) is 0 Å². The van der Waals surface area contributed by atoms with Crippen molar-refractivity contribution in [2.45, 2.75) is 18.6 Å². The maximum absolute atomic E-state index is 13.3. The number of carbonyl (C=O) groups is 1. The molecule has 136 valence electrons. The lowest BCUT2D eigenvalue weighted by Crippen LogP contribution is -2.35. The Kier molecular flexibility index (Phi) is 3.91. The summed E-state index contributed by atoms with van der Waals surface area (Å²) in [5, 5.41) is 2.74. The average molecular weight is 366 g/mol. The van der Waals surface area contributed by atoms with Crippen LogP contribution in [0, 0.1) is 0 Å². The predicted octanol–water partition coefficient (Wildman–Crippen LogP) is 2.53. The molecule has 1 N–H and O–H groups in total. The molecule has 1 saturated heterocycles. The van der Waals surface area contributed by atoms with Crippen LogP contribution in [0.3, 0.4) is 0 Å². The summed E-state index contributed by atoms with van der Waals surface area (Å²) in [5.41, 5.74) is -0.658. The molecular weight excluding hydrogens is 353 g/mol. The molecule has 0 saturated carbocycles. The van der Waals surface area contributed by atoms with Gasteiger partial charge in [0.1, 0.15) is 11.3 Å². The minimum atomic E-state index is -4.60. The van der Waals surface area contributed by atoms with Crippen molar-refractivity contribution in [2.75, 3.05) is 13.2 Å². The first kappa shape index (κ1) is 16.6. The monoisotopic (exact) mass is 366 g/mol. The normalized spacial score (nSPS) is 17.7. The van der Waals surface area contributed by atoms with Crippen molar-refractivity contribution in [3.8, 4) is 11.3 Å². The van der Waals surface area contributed by atoms with Crippen LogP contribution < -0.4 is 5.32 Å². The number of hydrogen-bond acceptors (Lipinski definition) is 5. The lowest BCUT2D eigenvalue weighted by Gasteiger charge is -2.13. The molecule has 4 rings (SSSR count). The first-order chi connectivity index (χ1) is 12.4. The maximum Gasteiger partial charge on any atom is 0.417 e. The number of amides is 1. The van der Waals surface area contributed by atoms with Crippen LogP contribution in [0.5, 0.6) is 0 Å². The van der Waals surface area contributed by atoms with E-state index < -0.39 is 17.6 Å². The number of aromatic nitrogens is 3. The summed E-state index contributed by atoms with van der Waals surface area (Å²) < 4.78 is 51.4. The van der Waals surface area contributed by atoms with Crippen molar-refractivity contribution in [2.24, 2.45) is 0 Å². The zero-order chi connectivity index (χ0) is 18.3. The van der Waals surface area contributed by atoms with E-state index in [9.17, 15) is 18.0 Å². The van der Waals surface area contributed by atoms with Crippen molar-refractivity contribution >= 4 is 11.6 Å². The number of rotatable bonds is 3. The Balaban J connectivity index is 1.82. The minimum Gasteiger partial charge on any atom is -0.443 e. The summed E-state index contributed by atoms with van der Waals surface area (Å²) in [6, 6.07) is 0.752. The van der Waals surface area contributed by atoms with Crippen LogP contribution in [-0.4, -0.2) is 39.5 Å². The maximum atomic E-state index is 13.3. The molecule has 0 aliphatic carbocycles. The van der Waals surface area contributed by atoms with Gasteiger partial charge in [0.15, 0.2) is 12.2 Å². The number of oxazole rings is 1. The standard InChI is InChI=1S/C16H13F3N4O3/c17-16(18,19)9-3-11(13-5-20-8-26-13)14-21-4-12(23(14)6-9)15(24)22-10-1-2-25-7-10/h3-6,8,10H,1-2,7H2,(H,22,24)/t10-/m1/s1. The molecule has 1 atom stereocenters. The smallest absolute Gasteiger partial charge is 0.417 e. The van der Waals surface area contributed by atoms with E-state index in [4.69, 9.17) is 9.15 Å². The second-order valence-electron chi connectivity index (χ2n) is 5.88. The fraction of sp³-hybridized carbons (Fsp3) is 0.312. The number of pyridine rings is 1. The topological polar surface area (TPSA) is 81.7 Å². The Morgan fingerprint density at radius 1 is 1.35 bits per heavy atom. The number of ether oxygens (including phenoxy) is 1. The summed E-state index contributed by atoms with van der Waals surface area (Å²) >= 11 is 0. The van der Waals surface area contributed by atoms with Gasteiger partial charge in [-0.3, -0.25) is 9.20 Å². The van der Waals surface area contributed by atoms with Gasteiger partial charge in [-0.1, -0.05) is 0 Å². The van der Waals surface area contributed by atoms with Gasteiger partial charge >= 0.3 is 6.18 Å². The molecule has 3 aromatic heterocycles. The molecule has 0 spiro atoms. The summed E-state index contributed by atoms with van der Waals surface area (Å²) in [7, 11) is 0. The van der Waals surface area contributed by atoms with Crippen LogP contribution in [-0.2, 0) is 10.9 Å². The van der Waals surface area contributed by atoms with E-state index in [0.717, 1.165) is 23.1 Å². The summed E-state index contributed by atoms with van der Waals surface area (Å²) in [4.78, 5) is 20.3. The van der Waals surface area contributed by atoms with Crippen LogP contribution in [0.1, 0.15) is 22.5 Å². The van der Waals surface area contributed by atoms with Gasteiger partial charge in [-0.25, -0.2) is 9.97 Å². The molecule has 1 aliphatic heterocycles. The lowest BCUT2D eigenvalue weighted by atomic mass is 10.1. The fourth-order valence-corrected chi connectivity index (χ4v) is 2.85. The highest BCUT2D eigenvalue weighted by Gasteiger charge is 2.33. The van der Waals surface area contributed by atoms with Gasteiger partial charge in [0, 0.05) is 12.8 Å². The van der Waals surface area contributed by atoms with E-state index in [-0.39, 0.29) is 28.7 Å². The van der Waals surface area contributed by atoms with Crippen LogP contribution >= 0.6 is 0 Å². The summed E-state index contributed by atoms with van der Waals surface area (Å²) in [5.74, 6) is -0.390. The van der Waals surface area contributed by atoms with Gasteiger partial charge in [0.2, 0.25) is 0 Å². The molecule has 7 nitrogen and oxygen atoms in total. The minimum absolute atomic E-state index is 0.00114. The average Bonchev–Trinajstić information content (AvgIpc) is 3.34. The SMILES string of the molecule is O=C(N[C@@H]1CCOC1)c1cnc2c(-c3cnco3)cc(C(F)(F)F)cn12. The molecule has 4 heterocycles. The van der Waals surface area contributed by atoms with Crippen molar-refractivity contribution in [1.29, 1.82) is 0 Å². The van der Waals surface area contributed by atoms with Gasteiger partial charge in [-0.15, -0.1) is 0 Å². The van der Waals surface area contributed by atoms with Crippen LogP contribution in [0.4, 0.5) is 13.2 Å². The van der Waals surface area contributed by atoms with Gasteiger partial charge in [-0.05, 0) is 12.5 Å². The molecule has 1 fully saturated rings. The quantitative estimate of drug-likeness (QED) is 0.770. The molecule has 26 heavy (non-hydrogen) atoms. The number of imidazole rings is 1. The Labute approximate surface area is 144 Å². The predicted molar refractivity (Wildman–Crippen MR) is 82.4 cm³/mol.